The van der Waals surface area contributed by atoms with Crippen molar-refractivity contribution in [3.8, 4) is 5.75 Å². The monoisotopic (exact) mass is 522 g/mol. The maximum atomic E-state index is 10.4. The zero-order chi connectivity index (χ0) is 26.9. The molecule has 36 heavy (non-hydrogen) atoms. The van der Waals surface area contributed by atoms with Crippen molar-refractivity contribution >= 4 is 8.60 Å². The predicted octanol–water partition coefficient (Wildman–Crippen LogP) is 11.2. The highest BCUT2D eigenvalue weighted by Crippen LogP contribution is 2.42. The fourth-order valence-corrected chi connectivity index (χ4v) is 5.23. The summed E-state index contributed by atoms with van der Waals surface area (Å²) in [6.45, 7) is 16.0. The minimum Gasteiger partial charge on any atom is -0.427 e. The van der Waals surface area contributed by atoms with Crippen LogP contribution in [0.3, 0.4) is 0 Å². The van der Waals surface area contributed by atoms with Crippen molar-refractivity contribution in [1.82, 2.24) is 0 Å². The van der Waals surface area contributed by atoms with E-state index in [1.54, 1.807) is 0 Å². The van der Waals surface area contributed by atoms with Crippen molar-refractivity contribution in [3.63, 3.8) is 0 Å². The Labute approximate surface area is 226 Å². The Balaban J connectivity index is 2.10. The molecule has 0 aliphatic carbocycles. The molecule has 0 bridgehead atoms. The maximum Gasteiger partial charge on any atom is 0.394 e. The van der Waals surface area contributed by atoms with Gasteiger partial charge < -0.3 is 13.9 Å². The molecule has 0 radical (unpaired) electrons. The van der Waals surface area contributed by atoms with Gasteiger partial charge in [-0.1, -0.05) is 157 Å². The Morgan fingerprint density at radius 3 is 1.50 bits per heavy atom. The van der Waals surface area contributed by atoms with Crippen LogP contribution in [0.5, 0.6) is 5.75 Å². The molecule has 0 fully saturated rings. The van der Waals surface area contributed by atoms with Crippen molar-refractivity contribution in [2.45, 2.75) is 162 Å². The van der Waals surface area contributed by atoms with E-state index >= 15 is 0 Å². The first-order valence-electron chi connectivity index (χ1n) is 15.0. The van der Waals surface area contributed by atoms with Gasteiger partial charge in [0.25, 0.3) is 0 Å². The normalized spacial score (nSPS) is 13.2. The standard InChI is InChI=1S/C32H59O3P/c1-8-9-10-11-12-13-14-15-16-17-18-19-20-21-22-23-26-34-36(33)35-30-25-24-28(31(2,3)4)27-29(30)32(5,6)7/h24-25,27,33H,8-23,26H2,1-7H3. The van der Waals surface area contributed by atoms with Crippen molar-refractivity contribution in [1.29, 1.82) is 0 Å². The fourth-order valence-electron chi connectivity index (χ4n) is 4.57. The van der Waals surface area contributed by atoms with Crippen LogP contribution < -0.4 is 4.52 Å². The molecule has 0 heterocycles. The highest BCUT2D eigenvalue weighted by molar-refractivity contribution is 7.41. The summed E-state index contributed by atoms with van der Waals surface area (Å²) < 4.78 is 11.5. The van der Waals surface area contributed by atoms with Crippen LogP contribution in [0.25, 0.3) is 0 Å². The molecule has 1 rings (SSSR count). The second-order valence-electron chi connectivity index (χ2n) is 12.7. The number of unbranched alkanes of at least 4 members (excludes halogenated alkanes) is 15. The minimum atomic E-state index is -1.90. The van der Waals surface area contributed by atoms with Crippen LogP contribution >= 0.6 is 8.60 Å². The van der Waals surface area contributed by atoms with Crippen molar-refractivity contribution in [3.05, 3.63) is 29.3 Å². The molecule has 0 amide bonds. The van der Waals surface area contributed by atoms with Crippen LogP contribution in [0.1, 0.15) is 162 Å². The Morgan fingerprint density at radius 2 is 1.08 bits per heavy atom. The Hall–Kier alpha value is -0.630. The van der Waals surface area contributed by atoms with Gasteiger partial charge in [0.2, 0.25) is 0 Å². The molecule has 0 aromatic heterocycles. The largest absolute Gasteiger partial charge is 0.427 e. The molecule has 1 atom stereocenters. The van der Waals surface area contributed by atoms with E-state index in [4.69, 9.17) is 9.05 Å². The lowest BCUT2D eigenvalue weighted by Crippen LogP contribution is -2.17. The first kappa shape index (κ1) is 33.4. The topological polar surface area (TPSA) is 38.7 Å². The maximum absolute atomic E-state index is 10.4. The average Bonchev–Trinajstić information content (AvgIpc) is 2.80. The molecular formula is C32H59O3P. The predicted molar refractivity (Wildman–Crippen MR) is 159 cm³/mol. The summed E-state index contributed by atoms with van der Waals surface area (Å²) in [7, 11) is -1.90. The molecule has 0 saturated carbocycles. The zero-order valence-electron chi connectivity index (χ0n) is 25.0. The molecular weight excluding hydrogens is 463 g/mol. The van der Waals surface area contributed by atoms with Gasteiger partial charge in [0.1, 0.15) is 5.75 Å². The van der Waals surface area contributed by atoms with Gasteiger partial charge in [0.15, 0.2) is 0 Å². The van der Waals surface area contributed by atoms with E-state index in [9.17, 15) is 4.89 Å². The number of hydrogen-bond acceptors (Lipinski definition) is 3. The molecule has 4 heteroatoms. The Kier molecular flexibility index (Phi) is 17.2. The molecule has 0 spiro atoms. The lowest BCUT2D eigenvalue weighted by molar-refractivity contribution is 0.252. The van der Waals surface area contributed by atoms with E-state index in [2.05, 4.69) is 60.6 Å². The van der Waals surface area contributed by atoms with Crippen molar-refractivity contribution in [2.75, 3.05) is 6.61 Å². The fraction of sp³-hybridized carbons (Fsp3) is 0.812. The SMILES string of the molecule is CCCCCCCCCCCCCCCCCCOP(O)Oc1ccc(C(C)(C)C)cc1C(C)(C)C. The smallest absolute Gasteiger partial charge is 0.394 e. The summed E-state index contributed by atoms with van der Waals surface area (Å²) in [5.41, 5.74) is 2.39. The molecule has 1 N–H and O–H groups in total. The summed E-state index contributed by atoms with van der Waals surface area (Å²) in [4.78, 5) is 10.4. The molecule has 0 aliphatic heterocycles. The summed E-state index contributed by atoms with van der Waals surface area (Å²) in [5.74, 6) is 0.732. The number of rotatable bonds is 20. The lowest BCUT2D eigenvalue weighted by Gasteiger charge is -2.27. The second kappa shape index (κ2) is 18.6. The average molecular weight is 523 g/mol. The van der Waals surface area contributed by atoms with Gasteiger partial charge in [-0.2, -0.15) is 0 Å². The van der Waals surface area contributed by atoms with Crippen molar-refractivity contribution < 1.29 is 13.9 Å². The molecule has 1 aromatic carbocycles. The molecule has 3 nitrogen and oxygen atoms in total. The highest BCUT2D eigenvalue weighted by Gasteiger charge is 2.24. The molecule has 0 aliphatic rings. The molecule has 210 valence electrons. The van der Waals surface area contributed by atoms with E-state index in [0.29, 0.717) is 6.61 Å². The summed E-state index contributed by atoms with van der Waals surface area (Å²) in [6.07, 6.45) is 21.6. The first-order valence-corrected chi connectivity index (χ1v) is 16.1. The quantitative estimate of drug-likeness (QED) is 0.137. The van der Waals surface area contributed by atoms with Crippen LogP contribution in [0.4, 0.5) is 0 Å². The second-order valence-corrected chi connectivity index (χ2v) is 13.6. The lowest BCUT2D eigenvalue weighted by atomic mass is 9.80. The van der Waals surface area contributed by atoms with E-state index in [0.717, 1.165) is 24.2 Å². The van der Waals surface area contributed by atoms with Gasteiger partial charge >= 0.3 is 8.60 Å². The van der Waals surface area contributed by atoms with E-state index in [1.807, 2.05) is 6.07 Å². The first-order chi connectivity index (χ1) is 17.1. The van der Waals surface area contributed by atoms with E-state index in [1.165, 1.54) is 95.5 Å². The van der Waals surface area contributed by atoms with Gasteiger partial charge in [-0.05, 0) is 28.9 Å². The summed E-state index contributed by atoms with van der Waals surface area (Å²) in [6, 6.07) is 6.31. The Morgan fingerprint density at radius 1 is 0.639 bits per heavy atom. The van der Waals surface area contributed by atoms with Crippen LogP contribution in [0.15, 0.2) is 18.2 Å². The van der Waals surface area contributed by atoms with Crippen LogP contribution in [0, 0.1) is 0 Å². The van der Waals surface area contributed by atoms with Gasteiger partial charge in [-0.25, -0.2) is 0 Å². The summed E-state index contributed by atoms with van der Waals surface area (Å²) >= 11 is 0. The van der Waals surface area contributed by atoms with Gasteiger partial charge in [-0.3, -0.25) is 0 Å². The van der Waals surface area contributed by atoms with E-state index < -0.39 is 8.60 Å². The van der Waals surface area contributed by atoms with Gasteiger partial charge in [0, 0.05) is 5.56 Å². The highest BCUT2D eigenvalue weighted by atomic mass is 31.2. The third-order valence-corrected chi connectivity index (χ3v) is 7.79. The minimum absolute atomic E-state index is 0.0688. The zero-order valence-corrected chi connectivity index (χ0v) is 25.9. The number of benzene rings is 1. The summed E-state index contributed by atoms with van der Waals surface area (Å²) in [5, 5.41) is 0. The Bertz CT molecular complexity index is 675. The van der Waals surface area contributed by atoms with Crippen LogP contribution in [-0.4, -0.2) is 11.5 Å². The number of hydrogen-bond donors (Lipinski definition) is 1. The molecule has 1 unspecified atom stereocenters. The van der Waals surface area contributed by atoms with Gasteiger partial charge in [-0.15, -0.1) is 0 Å². The van der Waals surface area contributed by atoms with Gasteiger partial charge in [0.05, 0.1) is 6.61 Å². The third kappa shape index (κ3) is 15.6. The molecule has 1 aromatic rings. The van der Waals surface area contributed by atoms with E-state index in [-0.39, 0.29) is 10.8 Å². The van der Waals surface area contributed by atoms with Crippen LogP contribution in [-0.2, 0) is 15.4 Å². The van der Waals surface area contributed by atoms with Crippen LogP contribution in [0.2, 0.25) is 0 Å². The van der Waals surface area contributed by atoms with Crippen molar-refractivity contribution in [2.24, 2.45) is 0 Å². The molecule has 0 saturated heterocycles. The third-order valence-electron chi connectivity index (χ3n) is 7.03.